The number of nitrogens with two attached hydrogens (primary N) is 1. The molecule has 0 aliphatic rings. The van der Waals surface area contributed by atoms with Gasteiger partial charge in [0.15, 0.2) is 0 Å². The number of methoxy groups -OCH3 is 1. The highest BCUT2D eigenvalue weighted by atomic mass is 16.5. The average Bonchev–Trinajstić information content (AvgIpc) is 3.00. The van der Waals surface area contributed by atoms with E-state index in [0.717, 1.165) is 22.5 Å². The van der Waals surface area contributed by atoms with Gasteiger partial charge in [-0.05, 0) is 26.0 Å². The summed E-state index contributed by atoms with van der Waals surface area (Å²) < 4.78 is 12.7. The van der Waals surface area contributed by atoms with Gasteiger partial charge in [-0.1, -0.05) is 0 Å². The number of fused-ring (bicyclic) bond motifs is 1. The first-order chi connectivity index (χ1) is 9.60. The zero-order chi connectivity index (χ0) is 14.3. The molecule has 2 heterocycles. The van der Waals surface area contributed by atoms with E-state index in [1.807, 2.05) is 36.6 Å². The molecule has 3 aromatic rings. The minimum Gasteiger partial charge on any atom is -0.497 e. The molecule has 0 radical (unpaired) electrons. The molecule has 0 bridgehead atoms. The predicted octanol–water partition coefficient (Wildman–Crippen LogP) is 2.53. The molecule has 0 saturated heterocycles. The van der Waals surface area contributed by atoms with Crippen molar-refractivity contribution in [2.24, 2.45) is 0 Å². The molecule has 2 aromatic heterocycles. The fourth-order valence-electron chi connectivity index (χ4n) is 2.31. The quantitative estimate of drug-likeness (QED) is 0.792. The van der Waals surface area contributed by atoms with Crippen LogP contribution in [0, 0.1) is 6.92 Å². The van der Waals surface area contributed by atoms with Crippen molar-refractivity contribution in [3.63, 3.8) is 0 Å². The highest BCUT2D eigenvalue weighted by molar-refractivity contribution is 5.80. The number of anilines is 1. The van der Waals surface area contributed by atoms with E-state index >= 15 is 0 Å². The summed E-state index contributed by atoms with van der Waals surface area (Å²) in [6.45, 7) is 3.84. The molecule has 1 aromatic carbocycles. The van der Waals surface area contributed by atoms with E-state index < -0.39 is 0 Å². The Bertz CT molecular complexity index is 760. The Hall–Kier alpha value is -2.50. The summed E-state index contributed by atoms with van der Waals surface area (Å²) in [5, 5.41) is 0. The average molecular weight is 272 g/mol. The first kappa shape index (κ1) is 12.5. The Morgan fingerprint density at radius 2 is 2.20 bits per heavy atom. The number of benzene rings is 1. The maximum atomic E-state index is 6.03. The molecule has 6 heteroatoms. The number of aromatic nitrogens is 3. The fraction of sp³-hybridized carbons (Fsp3) is 0.286. The van der Waals surface area contributed by atoms with Gasteiger partial charge in [-0.25, -0.2) is 9.97 Å². The molecule has 0 saturated carbocycles. The van der Waals surface area contributed by atoms with Gasteiger partial charge in [0.1, 0.15) is 17.6 Å². The van der Waals surface area contributed by atoms with E-state index in [2.05, 4.69) is 9.97 Å². The molecule has 0 spiro atoms. The summed E-state index contributed by atoms with van der Waals surface area (Å²) in [5.74, 6) is 2.57. The lowest BCUT2D eigenvalue weighted by Gasteiger charge is -2.12. The minimum absolute atomic E-state index is 0.123. The van der Waals surface area contributed by atoms with Gasteiger partial charge in [0.25, 0.3) is 0 Å². The number of ether oxygens (including phenoxy) is 1. The maximum Gasteiger partial charge on any atom is 0.217 e. The lowest BCUT2D eigenvalue weighted by atomic mass is 10.2. The highest BCUT2D eigenvalue weighted by Crippen LogP contribution is 2.29. The van der Waals surface area contributed by atoms with E-state index in [-0.39, 0.29) is 6.04 Å². The van der Waals surface area contributed by atoms with Crippen LogP contribution in [0.15, 0.2) is 28.8 Å². The maximum absolute atomic E-state index is 6.03. The molecule has 0 aliphatic heterocycles. The summed E-state index contributed by atoms with van der Waals surface area (Å²) >= 11 is 0. The first-order valence-electron chi connectivity index (χ1n) is 6.34. The van der Waals surface area contributed by atoms with Crippen LogP contribution in [-0.2, 0) is 0 Å². The van der Waals surface area contributed by atoms with Crippen molar-refractivity contribution in [1.82, 2.24) is 14.5 Å². The van der Waals surface area contributed by atoms with Crippen LogP contribution in [0.4, 0.5) is 5.95 Å². The predicted molar refractivity (Wildman–Crippen MR) is 75.8 cm³/mol. The van der Waals surface area contributed by atoms with Crippen LogP contribution < -0.4 is 10.5 Å². The summed E-state index contributed by atoms with van der Waals surface area (Å²) in [6.07, 6.45) is 1.70. The minimum atomic E-state index is -0.123. The van der Waals surface area contributed by atoms with E-state index in [4.69, 9.17) is 14.9 Å². The topological polar surface area (TPSA) is 79.1 Å². The van der Waals surface area contributed by atoms with Crippen LogP contribution in [0.3, 0.4) is 0 Å². The summed E-state index contributed by atoms with van der Waals surface area (Å²) in [6, 6.07) is 5.55. The Balaban J connectivity index is 2.13. The SMILES string of the molecule is COc1ccc2c(c1)nc(N)n2C(C)c1ncc(C)o1. The molecule has 6 nitrogen and oxygen atoms in total. The Morgan fingerprint density at radius 3 is 2.85 bits per heavy atom. The Kier molecular flexibility index (Phi) is 2.85. The summed E-state index contributed by atoms with van der Waals surface area (Å²) in [7, 11) is 1.62. The number of oxazole rings is 1. The zero-order valence-corrected chi connectivity index (χ0v) is 11.6. The number of nitrogen functional groups attached to an aromatic ring is 1. The van der Waals surface area contributed by atoms with Crippen LogP contribution in [0.2, 0.25) is 0 Å². The van der Waals surface area contributed by atoms with Crippen molar-refractivity contribution in [3.05, 3.63) is 36.0 Å². The molecule has 20 heavy (non-hydrogen) atoms. The van der Waals surface area contributed by atoms with Crippen molar-refractivity contribution in [1.29, 1.82) is 0 Å². The molecule has 0 aliphatic carbocycles. The number of nitrogens with zero attached hydrogens (tertiary/aromatic N) is 3. The van der Waals surface area contributed by atoms with Gasteiger partial charge in [-0.3, -0.25) is 4.57 Å². The number of hydrogen-bond donors (Lipinski definition) is 1. The molecular formula is C14H16N4O2. The smallest absolute Gasteiger partial charge is 0.217 e. The van der Waals surface area contributed by atoms with Crippen molar-refractivity contribution in [2.45, 2.75) is 19.9 Å². The van der Waals surface area contributed by atoms with Crippen LogP contribution in [0.1, 0.15) is 24.6 Å². The van der Waals surface area contributed by atoms with Crippen molar-refractivity contribution < 1.29 is 9.15 Å². The van der Waals surface area contributed by atoms with Gasteiger partial charge in [0.2, 0.25) is 11.8 Å². The molecule has 3 rings (SSSR count). The van der Waals surface area contributed by atoms with E-state index in [0.29, 0.717) is 11.8 Å². The second-order valence-electron chi connectivity index (χ2n) is 4.68. The first-order valence-corrected chi connectivity index (χ1v) is 6.34. The Morgan fingerprint density at radius 1 is 1.40 bits per heavy atom. The van der Waals surface area contributed by atoms with Gasteiger partial charge >= 0.3 is 0 Å². The third-order valence-electron chi connectivity index (χ3n) is 3.31. The van der Waals surface area contributed by atoms with E-state index in [1.165, 1.54) is 0 Å². The van der Waals surface area contributed by atoms with Crippen molar-refractivity contribution in [3.8, 4) is 5.75 Å². The number of aryl methyl sites for hydroxylation is 1. The highest BCUT2D eigenvalue weighted by Gasteiger charge is 2.19. The second kappa shape index (κ2) is 4.56. The molecule has 104 valence electrons. The largest absolute Gasteiger partial charge is 0.497 e. The van der Waals surface area contributed by atoms with Crippen molar-refractivity contribution in [2.75, 3.05) is 12.8 Å². The lowest BCUT2D eigenvalue weighted by molar-refractivity contribution is 0.415. The normalized spacial score (nSPS) is 12.8. The van der Waals surface area contributed by atoms with E-state index in [1.54, 1.807) is 13.3 Å². The van der Waals surface area contributed by atoms with Gasteiger partial charge in [-0.2, -0.15) is 0 Å². The molecule has 1 unspecified atom stereocenters. The number of hydrogen-bond acceptors (Lipinski definition) is 5. The lowest BCUT2D eigenvalue weighted by Crippen LogP contribution is -2.10. The van der Waals surface area contributed by atoms with Gasteiger partial charge in [0, 0.05) is 6.07 Å². The summed E-state index contributed by atoms with van der Waals surface area (Å²) in [5.41, 5.74) is 7.74. The van der Waals surface area contributed by atoms with Gasteiger partial charge in [-0.15, -0.1) is 0 Å². The Labute approximate surface area is 116 Å². The molecule has 0 amide bonds. The molecule has 2 N–H and O–H groups in total. The van der Waals surface area contributed by atoms with Crippen LogP contribution in [0.25, 0.3) is 11.0 Å². The number of rotatable bonds is 3. The van der Waals surface area contributed by atoms with Crippen molar-refractivity contribution >= 4 is 17.0 Å². The standard InChI is InChI=1S/C14H16N4O2/c1-8-7-16-13(20-8)9(2)18-12-5-4-10(19-3)6-11(12)17-14(18)15/h4-7,9H,1-3H3,(H2,15,17). The third kappa shape index (κ3) is 1.89. The molecule has 1 atom stereocenters. The third-order valence-corrected chi connectivity index (χ3v) is 3.31. The van der Waals surface area contributed by atoms with Gasteiger partial charge in [0.05, 0.1) is 24.3 Å². The molecule has 0 fully saturated rings. The van der Waals surface area contributed by atoms with Gasteiger partial charge < -0.3 is 14.9 Å². The zero-order valence-electron chi connectivity index (χ0n) is 11.6. The van der Waals surface area contributed by atoms with Crippen LogP contribution in [0.5, 0.6) is 5.75 Å². The molecular weight excluding hydrogens is 256 g/mol. The van der Waals surface area contributed by atoms with Crippen LogP contribution in [-0.4, -0.2) is 21.6 Å². The van der Waals surface area contributed by atoms with Crippen LogP contribution >= 0.6 is 0 Å². The second-order valence-corrected chi connectivity index (χ2v) is 4.68. The summed E-state index contributed by atoms with van der Waals surface area (Å²) in [4.78, 5) is 8.62. The van der Waals surface area contributed by atoms with E-state index in [9.17, 15) is 0 Å². The monoisotopic (exact) mass is 272 g/mol. The fourth-order valence-corrected chi connectivity index (χ4v) is 2.31. The number of imidazole rings is 1.